The number of halogens is 4. The van der Waals surface area contributed by atoms with Crippen LogP contribution >= 0.6 is 22.9 Å². The molecule has 0 unspecified atom stereocenters. The van der Waals surface area contributed by atoms with E-state index < -0.39 is 11.2 Å². The third-order valence-corrected chi connectivity index (χ3v) is 5.03. The summed E-state index contributed by atoms with van der Waals surface area (Å²) in [7, 11) is 2.95. The number of aromatic nitrogens is 1. The van der Waals surface area contributed by atoms with E-state index in [0.717, 1.165) is 0 Å². The quantitative estimate of drug-likeness (QED) is 0.526. The molecule has 0 spiro atoms. The summed E-state index contributed by atoms with van der Waals surface area (Å²) < 4.78 is 50.1. The molecule has 0 saturated carbocycles. The highest BCUT2D eigenvalue weighted by Gasteiger charge is 2.36. The molecule has 0 amide bonds. The summed E-state index contributed by atoms with van der Waals surface area (Å²) in [5.41, 5.74) is 1.33. The molecular weight excluding hydrogens is 387 g/mol. The lowest BCUT2D eigenvalue weighted by atomic mass is 10.1. The van der Waals surface area contributed by atoms with Crippen LogP contribution < -0.4 is 9.47 Å². The van der Waals surface area contributed by atoms with Crippen LogP contribution in [0.4, 0.5) is 13.2 Å². The molecule has 26 heavy (non-hydrogen) atoms. The lowest BCUT2D eigenvalue weighted by Crippen LogP contribution is -2.03. The number of methoxy groups -OCH3 is 2. The van der Waals surface area contributed by atoms with Gasteiger partial charge >= 0.3 is 6.18 Å². The lowest BCUT2D eigenvalue weighted by Gasteiger charge is -2.09. The SMILES string of the molecule is COc1ccc(-c2nc(C(F)(F)F)sc2-c2ccc(Cl)cc2)cc1OC. The highest BCUT2D eigenvalue weighted by Crippen LogP contribution is 2.44. The number of hydrogen-bond donors (Lipinski definition) is 0. The minimum atomic E-state index is -4.53. The monoisotopic (exact) mass is 399 g/mol. The van der Waals surface area contributed by atoms with E-state index in [1.165, 1.54) is 14.2 Å². The Morgan fingerprint density at radius 2 is 1.54 bits per heavy atom. The van der Waals surface area contributed by atoms with Crippen molar-refractivity contribution in [3.63, 3.8) is 0 Å². The van der Waals surface area contributed by atoms with E-state index in [1.54, 1.807) is 42.5 Å². The smallest absolute Gasteiger partial charge is 0.443 e. The Hall–Kier alpha value is -2.25. The van der Waals surface area contributed by atoms with Gasteiger partial charge in [-0.25, -0.2) is 4.98 Å². The van der Waals surface area contributed by atoms with E-state index in [1.807, 2.05) is 0 Å². The molecule has 0 atom stereocenters. The van der Waals surface area contributed by atoms with Crippen molar-refractivity contribution in [3.05, 3.63) is 52.5 Å². The maximum atomic E-state index is 13.2. The molecule has 0 saturated heterocycles. The molecule has 3 rings (SSSR count). The van der Waals surface area contributed by atoms with Gasteiger partial charge in [0.1, 0.15) is 0 Å². The minimum absolute atomic E-state index is 0.227. The second-order valence-electron chi connectivity index (χ2n) is 5.27. The van der Waals surface area contributed by atoms with Crippen LogP contribution in [0.3, 0.4) is 0 Å². The highest BCUT2D eigenvalue weighted by atomic mass is 35.5. The molecule has 136 valence electrons. The van der Waals surface area contributed by atoms with Crippen molar-refractivity contribution in [2.45, 2.75) is 6.18 Å². The van der Waals surface area contributed by atoms with Gasteiger partial charge in [-0.15, -0.1) is 11.3 Å². The molecule has 1 heterocycles. The van der Waals surface area contributed by atoms with Crippen LogP contribution in [0.15, 0.2) is 42.5 Å². The van der Waals surface area contributed by atoms with E-state index >= 15 is 0 Å². The molecule has 2 aromatic carbocycles. The first kappa shape index (κ1) is 18.5. The summed E-state index contributed by atoms with van der Waals surface area (Å²) in [5.74, 6) is 0.893. The van der Waals surface area contributed by atoms with Gasteiger partial charge in [-0.2, -0.15) is 13.2 Å². The summed E-state index contributed by atoms with van der Waals surface area (Å²) in [4.78, 5) is 4.25. The molecule has 0 aliphatic heterocycles. The molecule has 0 fully saturated rings. The first-order chi connectivity index (χ1) is 12.3. The molecule has 0 aliphatic rings. The number of benzene rings is 2. The van der Waals surface area contributed by atoms with Crippen molar-refractivity contribution in [1.82, 2.24) is 4.98 Å². The van der Waals surface area contributed by atoms with Gasteiger partial charge in [-0.3, -0.25) is 0 Å². The Kier molecular flexibility index (Phi) is 5.11. The average molecular weight is 400 g/mol. The van der Waals surface area contributed by atoms with Gasteiger partial charge in [0.25, 0.3) is 0 Å². The predicted octanol–water partition coefficient (Wildman–Crippen LogP) is 6.17. The van der Waals surface area contributed by atoms with E-state index in [0.29, 0.717) is 43.9 Å². The highest BCUT2D eigenvalue weighted by molar-refractivity contribution is 7.15. The number of alkyl halides is 3. The Balaban J connectivity index is 2.19. The standard InChI is InChI=1S/C18H13ClF3NO2S/c1-24-13-8-5-11(9-14(13)25-2)15-16(10-3-6-12(19)7-4-10)26-17(23-15)18(20,21)22/h3-9H,1-2H3. The number of hydrogen-bond acceptors (Lipinski definition) is 4. The van der Waals surface area contributed by atoms with Gasteiger partial charge in [0, 0.05) is 10.6 Å². The van der Waals surface area contributed by atoms with Gasteiger partial charge in [0.15, 0.2) is 16.5 Å². The normalized spacial score (nSPS) is 11.5. The van der Waals surface area contributed by atoms with Crippen molar-refractivity contribution >= 4 is 22.9 Å². The summed E-state index contributed by atoms with van der Waals surface area (Å²) in [5, 5.41) is -0.408. The van der Waals surface area contributed by atoms with E-state index in [9.17, 15) is 13.2 Å². The molecule has 0 aliphatic carbocycles. The lowest BCUT2D eigenvalue weighted by molar-refractivity contribution is -0.137. The fourth-order valence-corrected chi connectivity index (χ4v) is 3.50. The summed E-state index contributed by atoms with van der Waals surface area (Å²) in [6, 6.07) is 11.5. The first-order valence-corrected chi connectivity index (χ1v) is 8.59. The topological polar surface area (TPSA) is 31.4 Å². The predicted molar refractivity (Wildman–Crippen MR) is 96.1 cm³/mol. The van der Waals surface area contributed by atoms with Crippen LogP contribution in [0.1, 0.15) is 5.01 Å². The molecular formula is C18H13ClF3NO2S. The third-order valence-electron chi connectivity index (χ3n) is 3.63. The van der Waals surface area contributed by atoms with E-state index in [2.05, 4.69) is 4.98 Å². The molecule has 1 aromatic heterocycles. The number of rotatable bonds is 4. The van der Waals surface area contributed by atoms with Gasteiger partial charge in [-0.05, 0) is 35.9 Å². The van der Waals surface area contributed by atoms with Crippen molar-refractivity contribution in [2.75, 3.05) is 14.2 Å². The zero-order valence-corrected chi connectivity index (χ0v) is 15.3. The van der Waals surface area contributed by atoms with Crippen LogP contribution in [-0.2, 0) is 6.18 Å². The van der Waals surface area contributed by atoms with Crippen molar-refractivity contribution in [2.24, 2.45) is 0 Å². The Bertz CT molecular complexity index is 923. The van der Waals surface area contributed by atoms with Crippen LogP contribution in [-0.4, -0.2) is 19.2 Å². The minimum Gasteiger partial charge on any atom is -0.493 e. The Labute approximate surface area is 157 Å². The maximum absolute atomic E-state index is 13.2. The molecule has 0 N–H and O–H groups in total. The Morgan fingerprint density at radius 3 is 2.12 bits per heavy atom. The van der Waals surface area contributed by atoms with Crippen molar-refractivity contribution in [1.29, 1.82) is 0 Å². The molecule has 0 bridgehead atoms. The molecule has 8 heteroatoms. The van der Waals surface area contributed by atoms with Crippen molar-refractivity contribution in [3.8, 4) is 33.2 Å². The van der Waals surface area contributed by atoms with Crippen LogP contribution in [0.5, 0.6) is 11.5 Å². The van der Waals surface area contributed by atoms with Crippen LogP contribution in [0, 0.1) is 0 Å². The molecule has 3 aromatic rings. The fraction of sp³-hybridized carbons (Fsp3) is 0.167. The largest absolute Gasteiger partial charge is 0.493 e. The first-order valence-electron chi connectivity index (χ1n) is 7.40. The van der Waals surface area contributed by atoms with E-state index in [-0.39, 0.29) is 5.69 Å². The fourth-order valence-electron chi connectivity index (χ4n) is 2.42. The van der Waals surface area contributed by atoms with Gasteiger partial charge in [0.05, 0.1) is 24.8 Å². The number of ether oxygens (including phenoxy) is 2. The third kappa shape index (κ3) is 3.64. The van der Waals surface area contributed by atoms with Gasteiger partial charge < -0.3 is 9.47 Å². The average Bonchev–Trinajstić information content (AvgIpc) is 3.07. The zero-order chi connectivity index (χ0) is 18.9. The summed E-state index contributed by atoms with van der Waals surface area (Å²) >= 11 is 6.48. The van der Waals surface area contributed by atoms with Gasteiger partial charge in [0.2, 0.25) is 0 Å². The second kappa shape index (κ2) is 7.17. The van der Waals surface area contributed by atoms with Crippen LogP contribution in [0.25, 0.3) is 21.7 Å². The number of nitrogens with zero attached hydrogens (tertiary/aromatic N) is 1. The Morgan fingerprint density at radius 1 is 0.923 bits per heavy atom. The van der Waals surface area contributed by atoms with Gasteiger partial charge in [-0.1, -0.05) is 23.7 Å². The molecule has 0 radical (unpaired) electrons. The molecule has 3 nitrogen and oxygen atoms in total. The van der Waals surface area contributed by atoms with Crippen LogP contribution in [0.2, 0.25) is 5.02 Å². The summed E-state index contributed by atoms with van der Waals surface area (Å²) in [6.45, 7) is 0. The van der Waals surface area contributed by atoms with E-state index in [4.69, 9.17) is 21.1 Å². The zero-order valence-electron chi connectivity index (χ0n) is 13.7. The van der Waals surface area contributed by atoms with Crippen molar-refractivity contribution < 1.29 is 22.6 Å². The maximum Gasteiger partial charge on any atom is 0.443 e. The number of thiazole rings is 1. The second-order valence-corrected chi connectivity index (χ2v) is 6.71. The summed E-state index contributed by atoms with van der Waals surface area (Å²) in [6.07, 6.45) is -4.53.